The Morgan fingerprint density at radius 3 is 2.76 bits per heavy atom. The van der Waals surface area contributed by atoms with E-state index in [4.69, 9.17) is 4.74 Å². The summed E-state index contributed by atoms with van der Waals surface area (Å²) in [7, 11) is 0. The van der Waals surface area contributed by atoms with Crippen LogP contribution >= 0.6 is 11.3 Å². The van der Waals surface area contributed by atoms with Gasteiger partial charge in [-0.1, -0.05) is 0 Å². The fraction of sp³-hybridized carbons (Fsp3) is 0.545. The maximum Gasteiger partial charge on any atom is 0.358 e. The van der Waals surface area contributed by atoms with E-state index < -0.39 is 5.97 Å². The monoisotopic (exact) mass is 254 g/mol. The topological polar surface area (TPSA) is 68.3 Å². The van der Waals surface area contributed by atoms with Crippen molar-refractivity contribution in [1.29, 1.82) is 0 Å². The fourth-order valence-corrected chi connectivity index (χ4v) is 2.35. The van der Waals surface area contributed by atoms with Gasteiger partial charge >= 0.3 is 5.97 Å². The molecule has 0 spiro atoms. The van der Waals surface area contributed by atoms with Crippen molar-refractivity contribution < 1.29 is 14.3 Å². The van der Waals surface area contributed by atoms with Crippen LogP contribution in [0.15, 0.2) is 5.38 Å². The zero-order valence-electron chi connectivity index (χ0n) is 9.78. The van der Waals surface area contributed by atoms with Crippen LogP contribution in [-0.2, 0) is 9.53 Å². The quantitative estimate of drug-likeness (QED) is 0.840. The van der Waals surface area contributed by atoms with Crippen LogP contribution in [0.1, 0.15) is 43.6 Å². The van der Waals surface area contributed by atoms with Crippen LogP contribution in [0, 0.1) is 0 Å². The van der Waals surface area contributed by atoms with E-state index in [0.29, 0.717) is 5.13 Å². The molecule has 1 heterocycles. The van der Waals surface area contributed by atoms with Crippen molar-refractivity contribution in [2.75, 3.05) is 5.32 Å². The minimum atomic E-state index is -0.417. The lowest BCUT2D eigenvalue weighted by molar-refractivity contribution is -0.114. The van der Waals surface area contributed by atoms with Crippen LogP contribution in [0.25, 0.3) is 0 Å². The zero-order valence-corrected chi connectivity index (χ0v) is 10.6. The molecule has 1 aromatic rings. The summed E-state index contributed by atoms with van der Waals surface area (Å²) in [5.41, 5.74) is -0.0682. The lowest BCUT2D eigenvalue weighted by Crippen LogP contribution is -2.38. The highest BCUT2D eigenvalue weighted by Crippen LogP contribution is 2.35. The average molecular weight is 254 g/mol. The molecule has 0 bridgehead atoms. The second-order valence-electron chi connectivity index (χ2n) is 4.41. The molecule has 17 heavy (non-hydrogen) atoms. The summed E-state index contributed by atoms with van der Waals surface area (Å²) >= 11 is 1.21. The molecule has 2 rings (SSSR count). The van der Waals surface area contributed by atoms with Gasteiger partial charge in [0.25, 0.3) is 0 Å². The SMILES string of the molecule is CC(=O)Nc1nc(C(=O)OC2(C)CCC2)cs1. The van der Waals surface area contributed by atoms with E-state index in [1.807, 2.05) is 6.92 Å². The van der Waals surface area contributed by atoms with Gasteiger partial charge in [0.15, 0.2) is 10.8 Å². The Morgan fingerprint density at radius 2 is 2.24 bits per heavy atom. The average Bonchev–Trinajstić information content (AvgIpc) is 2.62. The molecule has 1 amide bonds. The first-order valence-corrected chi connectivity index (χ1v) is 6.33. The Bertz CT molecular complexity index is 451. The first kappa shape index (κ1) is 12.0. The maximum atomic E-state index is 11.8. The van der Waals surface area contributed by atoms with E-state index >= 15 is 0 Å². The Balaban J connectivity index is 1.99. The van der Waals surface area contributed by atoms with Gasteiger partial charge in [-0.2, -0.15) is 0 Å². The Kier molecular flexibility index (Phi) is 3.15. The van der Waals surface area contributed by atoms with E-state index in [0.717, 1.165) is 19.3 Å². The third kappa shape index (κ3) is 2.82. The molecule has 1 aliphatic rings. The highest BCUT2D eigenvalue weighted by molar-refractivity contribution is 7.14. The largest absolute Gasteiger partial charge is 0.455 e. The third-order valence-corrected chi connectivity index (χ3v) is 3.50. The third-order valence-electron chi connectivity index (χ3n) is 2.75. The normalized spacial score (nSPS) is 17.1. The summed E-state index contributed by atoms with van der Waals surface area (Å²) in [5.74, 6) is -0.620. The molecule has 0 aliphatic heterocycles. The van der Waals surface area contributed by atoms with Crippen LogP contribution in [0.3, 0.4) is 0 Å². The van der Waals surface area contributed by atoms with Crippen molar-refractivity contribution in [3.63, 3.8) is 0 Å². The Morgan fingerprint density at radius 1 is 1.53 bits per heavy atom. The van der Waals surface area contributed by atoms with Gasteiger partial charge in [0.1, 0.15) is 5.60 Å². The second kappa shape index (κ2) is 4.44. The minimum absolute atomic E-state index is 0.203. The number of nitrogens with zero attached hydrogens (tertiary/aromatic N) is 1. The zero-order chi connectivity index (χ0) is 12.5. The van der Waals surface area contributed by atoms with E-state index in [2.05, 4.69) is 10.3 Å². The Hall–Kier alpha value is -1.43. The standard InChI is InChI=1S/C11H14N2O3S/c1-7(14)12-10-13-8(6-17-10)9(15)16-11(2)4-3-5-11/h6H,3-5H2,1-2H3,(H,12,13,14). The summed E-state index contributed by atoms with van der Waals surface area (Å²) in [4.78, 5) is 26.6. The number of amides is 1. The molecule has 6 heteroatoms. The van der Waals surface area contributed by atoms with Crippen molar-refractivity contribution >= 4 is 28.3 Å². The molecule has 92 valence electrons. The van der Waals surface area contributed by atoms with Crippen molar-refractivity contribution in [2.45, 2.75) is 38.7 Å². The number of hydrogen-bond acceptors (Lipinski definition) is 5. The second-order valence-corrected chi connectivity index (χ2v) is 5.27. The van der Waals surface area contributed by atoms with Crippen LogP contribution < -0.4 is 5.32 Å². The lowest BCUT2D eigenvalue weighted by Gasteiger charge is -2.37. The highest BCUT2D eigenvalue weighted by Gasteiger charge is 2.36. The fourth-order valence-electron chi connectivity index (χ4n) is 1.63. The van der Waals surface area contributed by atoms with Crippen molar-refractivity contribution in [1.82, 2.24) is 4.98 Å². The van der Waals surface area contributed by atoms with Crippen molar-refractivity contribution in [3.05, 3.63) is 11.1 Å². The highest BCUT2D eigenvalue weighted by atomic mass is 32.1. The lowest BCUT2D eigenvalue weighted by atomic mass is 9.82. The van der Waals surface area contributed by atoms with Crippen LogP contribution in [0.5, 0.6) is 0 Å². The summed E-state index contributed by atoms with van der Waals surface area (Å²) in [6, 6.07) is 0. The Labute approximate surface area is 103 Å². The summed E-state index contributed by atoms with van der Waals surface area (Å²) in [6.07, 6.45) is 2.90. The molecule has 0 atom stereocenters. The van der Waals surface area contributed by atoms with Gasteiger partial charge < -0.3 is 10.1 Å². The van der Waals surface area contributed by atoms with Gasteiger partial charge in [0.05, 0.1) is 0 Å². The molecule has 0 radical (unpaired) electrons. The van der Waals surface area contributed by atoms with Gasteiger partial charge in [-0.25, -0.2) is 9.78 Å². The summed E-state index contributed by atoms with van der Waals surface area (Å²) in [6.45, 7) is 3.32. The number of ether oxygens (including phenoxy) is 1. The number of hydrogen-bond donors (Lipinski definition) is 1. The van der Waals surface area contributed by atoms with Gasteiger partial charge in [-0.3, -0.25) is 4.79 Å². The minimum Gasteiger partial charge on any atom is -0.455 e. The predicted octanol–water partition coefficient (Wildman–Crippen LogP) is 2.20. The molecule has 0 unspecified atom stereocenters. The predicted molar refractivity (Wildman–Crippen MR) is 64.1 cm³/mol. The van der Waals surface area contributed by atoms with Gasteiger partial charge in [0, 0.05) is 12.3 Å². The number of aromatic nitrogens is 1. The first-order valence-electron chi connectivity index (χ1n) is 5.45. The summed E-state index contributed by atoms with van der Waals surface area (Å²) in [5, 5.41) is 4.54. The molecular formula is C11H14N2O3S. The molecule has 0 saturated heterocycles. The number of esters is 1. The van der Waals surface area contributed by atoms with E-state index in [1.165, 1.54) is 18.3 Å². The van der Waals surface area contributed by atoms with E-state index in [-0.39, 0.29) is 17.2 Å². The molecule has 1 fully saturated rings. The number of nitrogens with one attached hydrogen (secondary N) is 1. The molecule has 0 aromatic carbocycles. The molecule has 1 aromatic heterocycles. The van der Waals surface area contributed by atoms with Crippen LogP contribution in [0.4, 0.5) is 5.13 Å². The molecule has 1 aliphatic carbocycles. The number of thiazole rings is 1. The van der Waals surface area contributed by atoms with Gasteiger partial charge in [-0.15, -0.1) is 11.3 Å². The number of carbonyl (C=O) groups is 2. The number of carbonyl (C=O) groups excluding carboxylic acids is 2. The molecule has 1 saturated carbocycles. The van der Waals surface area contributed by atoms with Crippen molar-refractivity contribution in [2.24, 2.45) is 0 Å². The van der Waals surface area contributed by atoms with Crippen LogP contribution in [-0.4, -0.2) is 22.5 Å². The number of anilines is 1. The van der Waals surface area contributed by atoms with Gasteiger partial charge in [0.2, 0.25) is 5.91 Å². The van der Waals surface area contributed by atoms with Crippen LogP contribution in [0.2, 0.25) is 0 Å². The van der Waals surface area contributed by atoms with E-state index in [1.54, 1.807) is 5.38 Å². The van der Waals surface area contributed by atoms with Gasteiger partial charge in [-0.05, 0) is 26.2 Å². The van der Waals surface area contributed by atoms with Crippen molar-refractivity contribution in [3.8, 4) is 0 Å². The first-order chi connectivity index (χ1) is 7.98. The van der Waals surface area contributed by atoms with E-state index in [9.17, 15) is 9.59 Å². The number of rotatable bonds is 3. The molecular weight excluding hydrogens is 240 g/mol. The smallest absolute Gasteiger partial charge is 0.358 e. The molecule has 1 N–H and O–H groups in total. The maximum absolute atomic E-state index is 11.8. The summed E-state index contributed by atoms with van der Waals surface area (Å²) < 4.78 is 5.37. The molecule has 5 nitrogen and oxygen atoms in total.